The van der Waals surface area contributed by atoms with E-state index in [9.17, 15) is 26.5 Å². The molecular formula is C7H4ClF3N2O3S. The molecular weight excluding hydrogens is 285 g/mol. The molecule has 0 N–H and O–H groups in total. The molecule has 0 aliphatic heterocycles. The Balaban J connectivity index is 3.27. The van der Waals surface area contributed by atoms with E-state index in [1.807, 2.05) is 0 Å². The Morgan fingerprint density at radius 2 is 1.65 bits per heavy atom. The van der Waals surface area contributed by atoms with Crippen molar-refractivity contribution in [3.63, 3.8) is 0 Å². The Labute approximate surface area is 98.8 Å². The van der Waals surface area contributed by atoms with E-state index >= 15 is 0 Å². The lowest BCUT2D eigenvalue weighted by atomic mass is 10.4. The van der Waals surface area contributed by atoms with Crippen LogP contribution in [-0.2, 0) is 10.0 Å². The van der Waals surface area contributed by atoms with Gasteiger partial charge in [-0.25, -0.2) is 0 Å². The third kappa shape index (κ3) is 2.86. The molecule has 0 saturated carbocycles. The Hall–Kier alpha value is -1.35. The van der Waals surface area contributed by atoms with E-state index in [0.29, 0.717) is 0 Å². The van der Waals surface area contributed by atoms with Crippen LogP contribution in [0.4, 0.5) is 13.2 Å². The van der Waals surface area contributed by atoms with Crippen LogP contribution < -0.4 is 0 Å². The SMILES string of the molecule is O=NN(C(F)(F)F)S(=O)(=O)c1ccc(Cl)cc1. The summed E-state index contributed by atoms with van der Waals surface area (Å²) in [6.07, 6.45) is -5.42. The summed E-state index contributed by atoms with van der Waals surface area (Å²) >= 11 is 5.45. The first-order valence-corrected chi connectivity index (χ1v) is 5.72. The third-order valence-corrected chi connectivity index (χ3v) is 3.48. The van der Waals surface area contributed by atoms with Crippen LogP contribution >= 0.6 is 11.6 Å². The molecule has 0 amide bonds. The molecule has 0 aromatic heterocycles. The van der Waals surface area contributed by atoms with Gasteiger partial charge in [-0.1, -0.05) is 16.0 Å². The molecule has 0 saturated heterocycles. The molecule has 17 heavy (non-hydrogen) atoms. The molecule has 1 aromatic rings. The smallest absolute Gasteiger partial charge is 0.199 e. The predicted octanol–water partition coefficient (Wildman–Crippen LogP) is 2.53. The standard InChI is InChI=1S/C7H4ClF3N2O3S/c8-5-1-3-6(4-2-5)17(15,16)13(12-14)7(9,10)11/h1-4H. The maximum atomic E-state index is 12.2. The lowest BCUT2D eigenvalue weighted by Crippen LogP contribution is -2.38. The van der Waals surface area contributed by atoms with E-state index in [-0.39, 0.29) is 5.02 Å². The quantitative estimate of drug-likeness (QED) is 0.487. The van der Waals surface area contributed by atoms with Gasteiger partial charge in [0.2, 0.25) is 0 Å². The number of alkyl halides is 3. The minimum absolute atomic E-state index is 0.140. The average molecular weight is 289 g/mol. The summed E-state index contributed by atoms with van der Waals surface area (Å²) in [4.78, 5) is 9.25. The fourth-order valence-corrected chi connectivity index (χ4v) is 2.10. The van der Waals surface area contributed by atoms with Crippen molar-refractivity contribution >= 4 is 21.6 Å². The van der Waals surface area contributed by atoms with E-state index < -0.39 is 25.6 Å². The largest absolute Gasteiger partial charge is 0.517 e. The number of rotatable bonds is 3. The molecule has 1 rings (SSSR count). The van der Waals surface area contributed by atoms with E-state index in [1.165, 1.54) is 5.29 Å². The summed E-state index contributed by atoms with van der Waals surface area (Å²) in [5.41, 5.74) is 0. The topological polar surface area (TPSA) is 66.8 Å². The zero-order valence-electron chi connectivity index (χ0n) is 7.85. The van der Waals surface area contributed by atoms with E-state index in [1.54, 1.807) is 0 Å². The maximum absolute atomic E-state index is 12.2. The fraction of sp³-hybridized carbons (Fsp3) is 0.143. The highest BCUT2D eigenvalue weighted by Gasteiger charge is 2.47. The van der Waals surface area contributed by atoms with Crippen LogP contribution in [0.2, 0.25) is 5.02 Å². The molecule has 0 heterocycles. The maximum Gasteiger partial charge on any atom is 0.517 e. The van der Waals surface area contributed by atoms with Crippen molar-refractivity contribution in [2.75, 3.05) is 0 Å². The first-order valence-electron chi connectivity index (χ1n) is 3.90. The van der Waals surface area contributed by atoms with Crippen LogP contribution in [0, 0.1) is 4.91 Å². The Kier molecular flexibility index (Phi) is 3.62. The molecule has 0 aliphatic carbocycles. The van der Waals surface area contributed by atoms with Crippen LogP contribution in [-0.4, -0.2) is 19.1 Å². The van der Waals surface area contributed by atoms with Crippen molar-refractivity contribution < 1.29 is 21.6 Å². The molecule has 0 atom stereocenters. The number of halogens is 4. The van der Waals surface area contributed by atoms with Gasteiger partial charge in [0.1, 0.15) is 0 Å². The number of nitroso groups, excluding NO2 is 1. The van der Waals surface area contributed by atoms with Crippen molar-refractivity contribution in [1.82, 2.24) is 4.41 Å². The molecule has 0 radical (unpaired) electrons. The van der Waals surface area contributed by atoms with Crippen LogP contribution in [0.1, 0.15) is 0 Å². The first-order chi connectivity index (χ1) is 7.69. The Morgan fingerprint density at radius 1 is 1.18 bits per heavy atom. The zero-order chi connectivity index (χ0) is 13.3. The highest BCUT2D eigenvalue weighted by molar-refractivity contribution is 7.89. The van der Waals surface area contributed by atoms with Gasteiger partial charge in [0.05, 0.1) is 10.2 Å². The second-order valence-electron chi connectivity index (χ2n) is 2.75. The molecule has 1 aromatic carbocycles. The molecule has 0 spiro atoms. The van der Waals surface area contributed by atoms with Gasteiger partial charge in [-0.3, -0.25) is 0 Å². The second kappa shape index (κ2) is 4.49. The summed E-state index contributed by atoms with van der Waals surface area (Å²) in [6.45, 7) is 0. The van der Waals surface area contributed by atoms with Gasteiger partial charge in [0.25, 0.3) is 10.0 Å². The summed E-state index contributed by atoms with van der Waals surface area (Å²) in [5.74, 6) is 0. The van der Waals surface area contributed by atoms with Gasteiger partial charge < -0.3 is 0 Å². The molecule has 0 unspecified atom stereocenters. The number of nitrogens with zero attached hydrogens (tertiary/aromatic N) is 2. The van der Waals surface area contributed by atoms with Gasteiger partial charge in [-0.15, -0.1) is 18.1 Å². The number of benzene rings is 1. The summed E-state index contributed by atoms with van der Waals surface area (Å²) < 4.78 is 57.9. The van der Waals surface area contributed by atoms with Gasteiger partial charge >= 0.3 is 6.30 Å². The minimum Gasteiger partial charge on any atom is -0.199 e. The van der Waals surface area contributed by atoms with Crippen LogP contribution in [0.3, 0.4) is 0 Å². The monoisotopic (exact) mass is 288 g/mol. The van der Waals surface area contributed by atoms with E-state index in [2.05, 4.69) is 0 Å². The second-order valence-corrected chi connectivity index (χ2v) is 4.96. The van der Waals surface area contributed by atoms with Crippen LogP contribution in [0.25, 0.3) is 0 Å². The van der Waals surface area contributed by atoms with Crippen molar-refractivity contribution in [2.45, 2.75) is 11.2 Å². The zero-order valence-corrected chi connectivity index (χ0v) is 9.42. The summed E-state index contributed by atoms with van der Waals surface area (Å²) in [5, 5.41) is 1.61. The minimum atomic E-state index is -5.42. The number of hydrogen-bond donors (Lipinski definition) is 0. The van der Waals surface area contributed by atoms with Crippen molar-refractivity contribution in [1.29, 1.82) is 0 Å². The molecule has 0 aliphatic rings. The predicted molar refractivity (Wildman–Crippen MR) is 52.3 cm³/mol. The molecule has 5 nitrogen and oxygen atoms in total. The van der Waals surface area contributed by atoms with E-state index in [0.717, 1.165) is 24.3 Å². The van der Waals surface area contributed by atoms with Crippen LogP contribution in [0.15, 0.2) is 34.4 Å². The molecule has 0 fully saturated rings. The Bertz CT molecular complexity index is 514. The summed E-state index contributed by atoms with van der Waals surface area (Å²) in [6, 6.07) is 3.82. The third-order valence-electron chi connectivity index (χ3n) is 1.63. The lowest BCUT2D eigenvalue weighted by Gasteiger charge is -2.17. The number of hydrogen-bond acceptors (Lipinski definition) is 4. The normalized spacial score (nSPS) is 12.2. The lowest BCUT2D eigenvalue weighted by molar-refractivity contribution is -0.210. The van der Waals surface area contributed by atoms with Crippen molar-refractivity contribution in [3.05, 3.63) is 34.2 Å². The highest BCUT2D eigenvalue weighted by Crippen LogP contribution is 2.29. The van der Waals surface area contributed by atoms with Gasteiger partial charge in [0.15, 0.2) is 0 Å². The van der Waals surface area contributed by atoms with Gasteiger partial charge in [0, 0.05) is 5.02 Å². The summed E-state index contributed by atoms with van der Waals surface area (Å²) in [7, 11) is -5.06. The van der Waals surface area contributed by atoms with Crippen LogP contribution in [0.5, 0.6) is 0 Å². The number of sulfonamides is 1. The van der Waals surface area contributed by atoms with Gasteiger partial charge in [-0.2, -0.15) is 8.42 Å². The molecule has 94 valence electrons. The van der Waals surface area contributed by atoms with Crippen molar-refractivity contribution in [3.8, 4) is 0 Å². The fourth-order valence-electron chi connectivity index (χ4n) is 0.933. The Morgan fingerprint density at radius 3 is 2.00 bits per heavy atom. The highest BCUT2D eigenvalue weighted by atomic mass is 35.5. The van der Waals surface area contributed by atoms with Gasteiger partial charge in [-0.05, 0) is 24.3 Å². The van der Waals surface area contributed by atoms with Crippen molar-refractivity contribution in [2.24, 2.45) is 5.29 Å². The van der Waals surface area contributed by atoms with E-state index in [4.69, 9.17) is 11.6 Å². The molecule has 10 heteroatoms. The average Bonchev–Trinajstić information content (AvgIpc) is 2.16. The first kappa shape index (κ1) is 13.7. The molecule has 0 bridgehead atoms.